The van der Waals surface area contributed by atoms with Crippen molar-refractivity contribution in [1.82, 2.24) is 9.55 Å². The third-order valence-electron chi connectivity index (χ3n) is 1.83. The van der Waals surface area contributed by atoms with Crippen molar-refractivity contribution in [2.75, 3.05) is 0 Å². The molecule has 0 spiro atoms. The summed E-state index contributed by atoms with van der Waals surface area (Å²) in [7, 11) is 1.94. The highest BCUT2D eigenvalue weighted by Crippen LogP contribution is 2.21. The molecule has 0 N–H and O–H groups in total. The van der Waals surface area contributed by atoms with Crippen molar-refractivity contribution >= 4 is 23.1 Å². The molecule has 2 aromatic heterocycles. The SMILES string of the molecule is Cn1ccc2cc(SF)ncc21. The Morgan fingerprint density at radius 3 is 3.17 bits per heavy atom. The summed E-state index contributed by atoms with van der Waals surface area (Å²) in [4.78, 5) is 3.93. The second kappa shape index (κ2) is 2.79. The van der Waals surface area contributed by atoms with Gasteiger partial charge in [-0.15, -0.1) is 0 Å². The van der Waals surface area contributed by atoms with E-state index in [1.165, 1.54) is 0 Å². The smallest absolute Gasteiger partial charge is 0.130 e. The molecule has 4 heteroatoms. The fraction of sp³-hybridized carbons (Fsp3) is 0.125. The van der Waals surface area contributed by atoms with Crippen molar-refractivity contribution in [1.29, 1.82) is 0 Å². The number of pyridine rings is 1. The Kier molecular flexibility index (Phi) is 1.77. The summed E-state index contributed by atoms with van der Waals surface area (Å²) < 4.78 is 14.1. The second-order valence-corrected chi connectivity index (χ2v) is 3.16. The molecule has 2 nitrogen and oxygen atoms in total. The zero-order chi connectivity index (χ0) is 8.55. The summed E-state index contributed by atoms with van der Waals surface area (Å²) in [6, 6.07) is 3.68. The lowest BCUT2D eigenvalue weighted by molar-refractivity contribution is 0.918. The molecule has 0 aliphatic heterocycles. The van der Waals surface area contributed by atoms with Crippen LogP contribution >= 0.6 is 12.1 Å². The molecule has 0 saturated heterocycles. The van der Waals surface area contributed by atoms with E-state index in [9.17, 15) is 3.89 Å². The maximum Gasteiger partial charge on any atom is 0.130 e. The fourth-order valence-corrected chi connectivity index (χ4v) is 1.45. The van der Waals surface area contributed by atoms with E-state index in [-0.39, 0.29) is 12.1 Å². The molecule has 0 aliphatic carbocycles. The van der Waals surface area contributed by atoms with Gasteiger partial charge in [0.15, 0.2) is 0 Å². The average Bonchev–Trinajstić information content (AvgIpc) is 2.47. The van der Waals surface area contributed by atoms with E-state index in [0.29, 0.717) is 5.03 Å². The van der Waals surface area contributed by atoms with Gasteiger partial charge in [0.2, 0.25) is 0 Å². The van der Waals surface area contributed by atoms with Crippen LogP contribution in [0.15, 0.2) is 29.6 Å². The minimum Gasteiger partial charge on any atom is -0.349 e. The van der Waals surface area contributed by atoms with Gasteiger partial charge in [-0.3, -0.25) is 0 Å². The molecule has 2 heterocycles. The van der Waals surface area contributed by atoms with Gasteiger partial charge in [0.1, 0.15) is 17.2 Å². The van der Waals surface area contributed by atoms with E-state index in [1.54, 1.807) is 12.3 Å². The molecule has 0 fully saturated rings. The highest BCUT2D eigenvalue weighted by Gasteiger charge is 2.00. The molecule has 0 radical (unpaired) electrons. The van der Waals surface area contributed by atoms with Crippen molar-refractivity contribution in [2.45, 2.75) is 5.03 Å². The minimum absolute atomic E-state index is 0.173. The number of nitrogens with zero attached hydrogens (tertiary/aromatic N) is 2. The number of fused-ring (bicyclic) bond motifs is 1. The molecule has 0 saturated carbocycles. The Morgan fingerprint density at radius 1 is 1.58 bits per heavy atom. The topological polar surface area (TPSA) is 17.8 Å². The zero-order valence-electron chi connectivity index (χ0n) is 6.49. The Bertz CT molecular complexity index is 410. The third kappa shape index (κ3) is 1.08. The van der Waals surface area contributed by atoms with E-state index in [0.717, 1.165) is 10.9 Å². The Labute approximate surface area is 73.7 Å². The number of rotatable bonds is 1. The average molecular weight is 182 g/mol. The molecule has 0 bridgehead atoms. The maximum absolute atomic E-state index is 12.1. The lowest BCUT2D eigenvalue weighted by Crippen LogP contribution is -1.85. The van der Waals surface area contributed by atoms with Crippen LogP contribution in [0.1, 0.15) is 0 Å². The summed E-state index contributed by atoms with van der Waals surface area (Å²) >= 11 is 0.173. The van der Waals surface area contributed by atoms with Gasteiger partial charge in [0, 0.05) is 18.6 Å². The molecule has 0 amide bonds. The van der Waals surface area contributed by atoms with Gasteiger partial charge in [-0.05, 0) is 12.1 Å². The van der Waals surface area contributed by atoms with Gasteiger partial charge in [-0.1, -0.05) is 0 Å². The monoisotopic (exact) mass is 182 g/mol. The van der Waals surface area contributed by atoms with E-state index >= 15 is 0 Å². The third-order valence-corrected chi connectivity index (χ3v) is 2.21. The quantitative estimate of drug-likeness (QED) is 0.674. The van der Waals surface area contributed by atoms with Crippen LogP contribution in [0.2, 0.25) is 0 Å². The molecule has 2 aromatic rings. The van der Waals surface area contributed by atoms with E-state index in [1.807, 2.05) is 23.9 Å². The highest BCUT2D eigenvalue weighted by atomic mass is 32.2. The molecular formula is C8H7FN2S. The van der Waals surface area contributed by atoms with Gasteiger partial charge in [-0.2, -0.15) is 3.89 Å². The number of aryl methyl sites for hydroxylation is 1. The number of aromatic nitrogens is 2. The van der Waals surface area contributed by atoms with Crippen LogP contribution in [0.5, 0.6) is 0 Å². The summed E-state index contributed by atoms with van der Waals surface area (Å²) in [5.41, 5.74) is 1.02. The van der Waals surface area contributed by atoms with E-state index in [4.69, 9.17) is 0 Å². The van der Waals surface area contributed by atoms with Crippen LogP contribution in [0.25, 0.3) is 10.9 Å². The molecule has 0 unspecified atom stereocenters. The molecule has 62 valence electrons. The van der Waals surface area contributed by atoms with Gasteiger partial charge in [0.25, 0.3) is 0 Å². The van der Waals surface area contributed by atoms with Gasteiger partial charge >= 0.3 is 0 Å². The zero-order valence-corrected chi connectivity index (χ0v) is 7.31. The Morgan fingerprint density at radius 2 is 2.42 bits per heavy atom. The van der Waals surface area contributed by atoms with Crippen LogP contribution in [0.4, 0.5) is 3.89 Å². The normalized spacial score (nSPS) is 10.8. The first-order valence-electron chi connectivity index (χ1n) is 3.51. The Hall–Kier alpha value is -1.03. The predicted molar refractivity (Wildman–Crippen MR) is 47.7 cm³/mol. The van der Waals surface area contributed by atoms with Crippen LogP contribution in [-0.2, 0) is 7.05 Å². The first-order chi connectivity index (χ1) is 5.81. The lowest BCUT2D eigenvalue weighted by atomic mass is 10.3. The summed E-state index contributed by atoms with van der Waals surface area (Å²) in [6.07, 6.45) is 3.61. The molecule has 2 rings (SSSR count). The standard InChI is InChI=1S/C8H7FN2S/c1-11-3-2-6-4-8(12-9)10-5-7(6)11/h2-5H,1H3. The van der Waals surface area contributed by atoms with Crippen molar-refractivity contribution in [3.8, 4) is 0 Å². The number of hydrogen-bond acceptors (Lipinski definition) is 2. The largest absolute Gasteiger partial charge is 0.349 e. The lowest BCUT2D eigenvalue weighted by Gasteiger charge is -1.95. The first-order valence-corrected chi connectivity index (χ1v) is 4.22. The highest BCUT2D eigenvalue weighted by molar-refractivity contribution is 7.94. The number of hydrogen-bond donors (Lipinski definition) is 0. The van der Waals surface area contributed by atoms with Crippen LogP contribution < -0.4 is 0 Å². The first kappa shape index (κ1) is 7.61. The van der Waals surface area contributed by atoms with E-state index < -0.39 is 0 Å². The summed E-state index contributed by atoms with van der Waals surface area (Å²) in [6.45, 7) is 0. The molecule has 0 aliphatic rings. The second-order valence-electron chi connectivity index (χ2n) is 2.59. The van der Waals surface area contributed by atoms with Crippen LogP contribution in [0, 0.1) is 0 Å². The van der Waals surface area contributed by atoms with Crippen molar-refractivity contribution in [3.63, 3.8) is 0 Å². The van der Waals surface area contributed by atoms with Crippen LogP contribution in [-0.4, -0.2) is 9.55 Å². The van der Waals surface area contributed by atoms with Crippen molar-refractivity contribution in [2.24, 2.45) is 7.05 Å². The summed E-state index contributed by atoms with van der Waals surface area (Å²) in [5, 5.41) is 1.43. The minimum atomic E-state index is 0.173. The van der Waals surface area contributed by atoms with Crippen molar-refractivity contribution in [3.05, 3.63) is 24.5 Å². The maximum atomic E-state index is 12.1. The fourth-order valence-electron chi connectivity index (χ4n) is 1.19. The van der Waals surface area contributed by atoms with Crippen LogP contribution in [0.3, 0.4) is 0 Å². The van der Waals surface area contributed by atoms with Gasteiger partial charge < -0.3 is 4.57 Å². The van der Waals surface area contributed by atoms with Crippen molar-refractivity contribution < 1.29 is 3.89 Å². The molecule has 0 atom stereocenters. The predicted octanol–water partition coefficient (Wildman–Crippen LogP) is 2.55. The summed E-state index contributed by atoms with van der Waals surface area (Å²) in [5.74, 6) is 0. The number of halogens is 1. The molecule has 12 heavy (non-hydrogen) atoms. The van der Waals surface area contributed by atoms with E-state index in [2.05, 4.69) is 4.98 Å². The molecule has 0 aromatic carbocycles. The van der Waals surface area contributed by atoms with Gasteiger partial charge in [-0.25, -0.2) is 4.98 Å². The Balaban J connectivity index is 2.69. The van der Waals surface area contributed by atoms with Gasteiger partial charge in [0.05, 0.1) is 11.7 Å². The molecular weight excluding hydrogens is 175 g/mol.